The molecule has 1 aliphatic heterocycles. The van der Waals surface area contributed by atoms with Gasteiger partial charge < -0.3 is 14.2 Å². The van der Waals surface area contributed by atoms with E-state index in [1.807, 2.05) is 42.6 Å². The summed E-state index contributed by atoms with van der Waals surface area (Å²) in [6.45, 7) is 3.64. The molecule has 1 aromatic carbocycles. The number of pyridine rings is 1. The van der Waals surface area contributed by atoms with E-state index < -0.39 is 0 Å². The molecule has 5 nitrogen and oxygen atoms in total. The number of oxazole rings is 1. The van der Waals surface area contributed by atoms with Crippen LogP contribution in [-0.2, 0) is 0 Å². The molecule has 0 atom stereocenters. The van der Waals surface area contributed by atoms with Gasteiger partial charge in [0.15, 0.2) is 5.58 Å². The second kappa shape index (κ2) is 5.09. The number of aromatic nitrogens is 2. The molecule has 0 N–H and O–H groups in total. The Hall–Kier alpha value is -2.56. The highest BCUT2D eigenvalue weighted by Crippen LogP contribution is 2.23. The quantitative estimate of drug-likeness (QED) is 0.722. The van der Waals surface area contributed by atoms with Crippen molar-refractivity contribution in [3.8, 4) is 0 Å². The monoisotopic (exact) mass is 280 g/mol. The molecule has 5 heteroatoms. The first-order valence-corrected chi connectivity index (χ1v) is 7.17. The summed E-state index contributed by atoms with van der Waals surface area (Å²) < 4.78 is 5.83. The lowest BCUT2D eigenvalue weighted by Gasteiger charge is -2.34. The lowest BCUT2D eigenvalue weighted by atomic mass is 10.3. The van der Waals surface area contributed by atoms with Gasteiger partial charge in [0.2, 0.25) is 0 Å². The number of hydrogen-bond donors (Lipinski definition) is 0. The Kier molecular flexibility index (Phi) is 2.96. The Bertz CT molecular complexity index is 699. The Balaban J connectivity index is 1.50. The normalized spacial score (nSPS) is 15.6. The number of fused-ring (bicyclic) bond motifs is 1. The van der Waals surface area contributed by atoms with Gasteiger partial charge in [0.05, 0.1) is 0 Å². The predicted octanol–water partition coefficient (Wildman–Crippen LogP) is 2.55. The summed E-state index contributed by atoms with van der Waals surface area (Å²) >= 11 is 0. The zero-order chi connectivity index (χ0) is 14.1. The minimum atomic E-state index is 0.719. The maximum Gasteiger partial charge on any atom is 0.298 e. The van der Waals surface area contributed by atoms with E-state index in [0.29, 0.717) is 0 Å². The summed E-state index contributed by atoms with van der Waals surface area (Å²) in [5.74, 6) is 1.04. The first-order chi connectivity index (χ1) is 10.4. The molecule has 1 fully saturated rings. The Labute approximate surface area is 122 Å². The van der Waals surface area contributed by atoms with Crippen LogP contribution in [0.25, 0.3) is 11.1 Å². The lowest BCUT2D eigenvalue weighted by molar-refractivity contribution is 0.540. The summed E-state index contributed by atoms with van der Waals surface area (Å²) in [5, 5.41) is 0. The van der Waals surface area contributed by atoms with Gasteiger partial charge in [-0.3, -0.25) is 0 Å². The largest absolute Gasteiger partial charge is 0.423 e. The maximum atomic E-state index is 5.83. The predicted molar refractivity (Wildman–Crippen MR) is 82.7 cm³/mol. The Morgan fingerprint density at radius 2 is 1.62 bits per heavy atom. The first-order valence-electron chi connectivity index (χ1n) is 7.17. The number of anilines is 2. The molecular formula is C16H16N4O. The number of hydrogen-bond acceptors (Lipinski definition) is 5. The van der Waals surface area contributed by atoms with E-state index in [9.17, 15) is 0 Å². The summed E-state index contributed by atoms with van der Waals surface area (Å²) in [7, 11) is 0. The van der Waals surface area contributed by atoms with Crippen LogP contribution in [0.1, 0.15) is 0 Å². The van der Waals surface area contributed by atoms with E-state index in [-0.39, 0.29) is 0 Å². The van der Waals surface area contributed by atoms with Crippen molar-refractivity contribution in [2.45, 2.75) is 0 Å². The van der Waals surface area contributed by atoms with Crippen LogP contribution in [0.15, 0.2) is 53.1 Å². The number of piperazine rings is 1. The molecule has 4 rings (SSSR count). The van der Waals surface area contributed by atoms with Crippen molar-refractivity contribution in [3.63, 3.8) is 0 Å². The van der Waals surface area contributed by atoms with Gasteiger partial charge >= 0.3 is 0 Å². The molecule has 3 heterocycles. The Morgan fingerprint density at radius 3 is 2.38 bits per heavy atom. The maximum absolute atomic E-state index is 5.83. The molecule has 106 valence electrons. The molecule has 2 aromatic heterocycles. The minimum Gasteiger partial charge on any atom is -0.423 e. The minimum absolute atomic E-state index is 0.719. The van der Waals surface area contributed by atoms with E-state index in [0.717, 1.165) is 49.1 Å². The fraction of sp³-hybridized carbons (Fsp3) is 0.250. The summed E-state index contributed by atoms with van der Waals surface area (Å²) in [6.07, 6.45) is 1.84. The second-order valence-electron chi connectivity index (χ2n) is 5.13. The smallest absolute Gasteiger partial charge is 0.298 e. The average Bonchev–Trinajstić information content (AvgIpc) is 3.00. The third kappa shape index (κ3) is 2.31. The topological polar surface area (TPSA) is 45.4 Å². The molecule has 0 radical (unpaired) electrons. The van der Waals surface area contributed by atoms with E-state index in [1.54, 1.807) is 0 Å². The summed E-state index contributed by atoms with van der Waals surface area (Å²) in [6, 6.07) is 14.6. The number of rotatable bonds is 2. The van der Waals surface area contributed by atoms with Gasteiger partial charge in [-0.05, 0) is 24.3 Å². The molecular weight excluding hydrogens is 264 g/mol. The van der Waals surface area contributed by atoms with Crippen molar-refractivity contribution in [2.24, 2.45) is 0 Å². The van der Waals surface area contributed by atoms with Crippen LogP contribution in [-0.4, -0.2) is 36.1 Å². The Morgan fingerprint density at radius 1 is 0.857 bits per heavy atom. The number of para-hydroxylation sites is 2. The highest BCUT2D eigenvalue weighted by Gasteiger charge is 2.21. The van der Waals surface area contributed by atoms with Crippen LogP contribution in [0.3, 0.4) is 0 Å². The molecule has 3 aromatic rings. The van der Waals surface area contributed by atoms with Crippen LogP contribution in [0, 0.1) is 0 Å². The van der Waals surface area contributed by atoms with Gasteiger partial charge in [-0.2, -0.15) is 4.98 Å². The fourth-order valence-corrected chi connectivity index (χ4v) is 2.66. The van der Waals surface area contributed by atoms with Crippen molar-refractivity contribution in [1.29, 1.82) is 0 Å². The van der Waals surface area contributed by atoms with Crippen LogP contribution >= 0.6 is 0 Å². The molecule has 21 heavy (non-hydrogen) atoms. The SMILES string of the molecule is c1ccc(N2CCN(c3nc4ccccc4o3)CC2)nc1. The van der Waals surface area contributed by atoms with Crippen molar-refractivity contribution < 1.29 is 4.42 Å². The third-order valence-electron chi connectivity index (χ3n) is 3.81. The average molecular weight is 280 g/mol. The van der Waals surface area contributed by atoms with Gasteiger partial charge in [0, 0.05) is 32.4 Å². The second-order valence-corrected chi connectivity index (χ2v) is 5.13. The van der Waals surface area contributed by atoms with Gasteiger partial charge in [-0.25, -0.2) is 4.98 Å². The van der Waals surface area contributed by atoms with Crippen LogP contribution in [0.2, 0.25) is 0 Å². The molecule has 1 saturated heterocycles. The molecule has 0 saturated carbocycles. The number of benzene rings is 1. The van der Waals surface area contributed by atoms with Gasteiger partial charge in [0.1, 0.15) is 11.3 Å². The summed E-state index contributed by atoms with van der Waals surface area (Å²) in [5.41, 5.74) is 1.76. The van der Waals surface area contributed by atoms with Crippen LogP contribution < -0.4 is 9.80 Å². The molecule has 1 aliphatic rings. The standard InChI is InChI=1S/C16H16N4O/c1-2-6-14-13(5-1)18-16(21-14)20-11-9-19(10-12-20)15-7-3-4-8-17-15/h1-8H,9-12H2. The summed E-state index contributed by atoms with van der Waals surface area (Å²) in [4.78, 5) is 13.4. The van der Waals surface area contributed by atoms with Gasteiger partial charge in [-0.15, -0.1) is 0 Å². The van der Waals surface area contributed by atoms with E-state index >= 15 is 0 Å². The van der Waals surface area contributed by atoms with Crippen LogP contribution in [0.4, 0.5) is 11.8 Å². The lowest BCUT2D eigenvalue weighted by Crippen LogP contribution is -2.46. The molecule has 0 bridgehead atoms. The number of nitrogens with zero attached hydrogens (tertiary/aromatic N) is 4. The third-order valence-corrected chi connectivity index (χ3v) is 3.81. The molecule has 0 amide bonds. The van der Waals surface area contributed by atoms with Crippen molar-refractivity contribution in [1.82, 2.24) is 9.97 Å². The van der Waals surface area contributed by atoms with Crippen LogP contribution in [0.5, 0.6) is 0 Å². The highest BCUT2D eigenvalue weighted by atomic mass is 16.4. The molecule has 0 aliphatic carbocycles. The van der Waals surface area contributed by atoms with Crippen molar-refractivity contribution >= 4 is 22.9 Å². The molecule has 0 unspecified atom stereocenters. The first kappa shape index (κ1) is 12.2. The fourth-order valence-electron chi connectivity index (χ4n) is 2.66. The zero-order valence-corrected chi connectivity index (χ0v) is 11.6. The molecule has 0 spiro atoms. The van der Waals surface area contributed by atoms with E-state index in [4.69, 9.17) is 4.42 Å². The van der Waals surface area contributed by atoms with Crippen molar-refractivity contribution in [3.05, 3.63) is 48.7 Å². The van der Waals surface area contributed by atoms with Crippen molar-refractivity contribution in [2.75, 3.05) is 36.0 Å². The van der Waals surface area contributed by atoms with Gasteiger partial charge in [-0.1, -0.05) is 18.2 Å². The van der Waals surface area contributed by atoms with Gasteiger partial charge in [0.25, 0.3) is 6.01 Å². The highest BCUT2D eigenvalue weighted by molar-refractivity contribution is 5.74. The van der Waals surface area contributed by atoms with E-state index in [1.165, 1.54) is 0 Å². The van der Waals surface area contributed by atoms with E-state index in [2.05, 4.69) is 25.8 Å². The zero-order valence-electron chi connectivity index (χ0n) is 11.6.